The van der Waals surface area contributed by atoms with Crippen molar-refractivity contribution in [3.63, 3.8) is 0 Å². The van der Waals surface area contributed by atoms with Gasteiger partial charge in [0.2, 0.25) is 0 Å². The maximum Gasteiger partial charge on any atom is 0.274 e. The summed E-state index contributed by atoms with van der Waals surface area (Å²) in [6.07, 6.45) is 0. The minimum absolute atomic E-state index is 0.135. The third-order valence-electron chi connectivity index (χ3n) is 4.31. The first-order valence-corrected chi connectivity index (χ1v) is 9.36. The topological polar surface area (TPSA) is 82.2 Å². The zero-order valence-electron chi connectivity index (χ0n) is 16.3. The Balaban J connectivity index is 1.66. The molecular weight excluding hydrogens is 380 g/mol. The number of halogens is 1. The van der Waals surface area contributed by atoms with Crippen LogP contribution < -0.4 is 10.1 Å². The Morgan fingerprint density at radius 2 is 2.11 bits per heavy atom. The van der Waals surface area contributed by atoms with E-state index in [-0.39, 0.29) is 24.2 Å². The van der Waals surface area contributed by atoms with Gasteiger partial charge in [0.05, 0.1) is 17.8 Å². The predicted octanol–water partition coefficient (Wildman–Crippen LogP) is 3.85. The summed E-state index contributed by atoms with van der Waals surface area (Å²) in [4.78, 5) is 12.7. The zero-order chi connectivity index (χ0) is 20.3. The Bertz CT molecular complexity index is 980. The Kier molecular flexibility index (Phi) is 6.04. The molecule has 0 saturated heterocycles. The molecule has 7 nitrogen and oxygen atoms in total. The molecule has 0 aliphatic heterocycles. The summed E-state index contributed by atoms with van der Waals surface area (Å²) >= 11 is 5.97. The maximum atomic E-state index is 12.7. The van der Waals surface area contributed by atoms with E-state index in [1.54, 1.807) is 31.2 Å². The van der Waals surface area contributed by atoms with E-state index in [0.29, 0.717) is 28.6 Å². The highest BCUT2D eigenvalue weighted by Crippen LogP contribution is 2.21. The maximum absolute atomic E-state index is 12.7. The van der Waals surface area contributed by atoms with E-state index in [9.17, 15) is 4.79 Å². The van der Waals surface area contributed by atoms with Gasteiger partial charge >= 0.3 is 0 Å². The van der Waals surface area contributed by atoms with Crippen molar-refractivity contribution >= 4 is 17.5 Å². The summed E-state index contributed by atoms with van der Waals surface area (Å²) in [6.45, 7) is 8.32. The lowest BCUT2D eigenvalue weighted by atomic mass is 10.2. The van der Waals surface area contributed by atoms with Crippen molar-refractivity contribution < 1.29 is 14.1 Å². The van der Waals surface area contributed by atoms with Crippen molar-refractivity contribution in [2.45, 2.75) is 46.9 Å². The molecule has 1 amide bonds. The first kappa shape index (κ1) is 19.9. The fraction of sp³-hybridized carbons (Fsp3) is 0.350. The molecule has 1 N–H and O–H groups in total. The Morgan fingerprint density at radius 1 is 1.32 bits per heavy atom. The minimum Gasteiger partial charge on any atom is -0.489 e. The second-order valence-corrected chi connectivity index (χ2v) is 7.23. The molecule has 0 aliphatic carbocycles. The van der Waals surface area contributed by atoms with Gasteiger partial charge in [-0.15, -0.1) is 0 Å². The molecule has 1 unspecified atom stereocenters. The van der Waals surface area contributed by atoms with Crippen LogP contribution in [0.1, 0.15) is 40.1 Å². The van der Waals surface area contributed by atoms with Crippen LogP contribution in [0.2, 0.25) is 5.02 Å². The van der Waals surface area contributed by atoms with E-state index in [2.05, 4.69) is 15.6 Å². The summed E-state index contributed by atoms with van der Waals surface area (Å²) in [5.74, 6) is 0.839. The molecule has 1 atom stereocenters. The van der Waals surface area contributed by atoms with Crippen LogP contribution in [0, 0.1) is 20.8 Å². The molecule has 148 valence electrons. The number of nitrogens with one attached hydrogen (secondary N) is 1. The fourth-order valence-corrected chi connectivity index (χ4v) is 3.09. The van der Waals surface area contributed by atoms with Crippen LogP contribution >= 0.6 is 11.6 Å². The molecule has 8 heteroatoms. The third-order valence-corrected chi connectivity index (χ3v) is 4.54. The smallest absolute Gasteiger partial charge is 0.274 e. The number of carbonyl (C=O) groups is 1. The molecule has 0 aliphatic rings. The summed E-state index contributed by atoms with van der Waals surface area (Å²) < 4.78 is 12.8. The molecule has 3 aromatic rings. The molecule has 0 radical (unpaired) electrons. The number of hydrogen-bond acceptors (Lipinski definition) is 5. The SMILES string of the molecule is Cc1cc(C)n(CC(C)NC(=O)c2noc(C)c2COc2cccc(Cl)c2)n1. The lowest BCUT2D eigenvalue weighted by Gasteiger charge is -2.15. The third kappa shape index (κ3) is 4.72. The van der Waals surface area contributed by atoms with E-state index < -0.39 is 0 Å². The molecule has 1 aromatic carbocycles. The highest BCUT2D eigenvalue weighted by molar-refractivity contribution is 6.30. The monoisotopic (exact) mass is 402 g/mol. The van der Waals surface area contributed by atoms with Crippen LogP contribution in [0.25, 0.3) is 0 Å². The number of amides is 1. The number of rotatable bonds is 7. The number of aryl methyl sites for hydroxylation is 3. The largest absolute Gasteiger partial charge is 0.489 e. The van der Waals surface area contributed by atoms with Gasteiger partial charge in [0.1, 0.15) is 18.1 Å². The van der Waals surface area contributed by atoms with Crippen molar-refractivity contribution in [2.24, 2.45) is 0 Å². The van der Waals surface area contributed by atoms with Crippen molar-refractivity contribution in [3.05, 3.63) is 63.8 Å². The lowest BCUT2D eigenvalue weighted by molar-refractivity contribution is 0.0924. The molecule has 28 heavy (non-hydrogen) atoms. The highest BCUT2D eigenvalue weighted by atomic mass is 35.5. The van der Waals surface area contributed by atoms with Gasteiger partial charge in [-0.05, 0) is 52.0 Å². The number of carbonyl (C=O) groups excluding carboxylic acids is 1. The first-order valence-electron chi connectivity index (χ1n) is 8.99. The average molecular weight is 403 g/mol. The van der Waals surface area contributed by atoms with Gasteiger partial charge < -0.3 is 14.6 Å². The second kappa shape index (κ2) is 8.48. The zero-order valence-corrected chi connectivity index (χ0v) is 17.1. The Labute approximate surface area is 168 Å². The second-order valence-electron chi connectivity index (χ2n) is 6.80. The number of benzene rings is 1. The van der Waals surface area contributed by atoms with Crippen LogP contribution in [-0.2, 0) is 13.2 Å². The van der Waals surface area contributed by atoms with E-state index in [1.165, 1.54) is 0 Å². The van der Waals surface area contributed by atoms with Crippen molar-refractivity contribution in [1.29, 1.82) is 0 Å². The summed E-state index contributed by atoms with van der Waals surface area (Å²) in [6, 6.07) is 8.94. The van der Waals surface area contributed by atoms with E-state index in [1.807, 2.05) is 31.5 Å². The predicted molar refractivity (Wildman–Crippen MR) is 106 cm³/mol. The molecule has 2 heterocycles. The molecule has 0 saturated carbocycles. The van der Waals surface area contributed by atoms with Crippen molar-refractivity contribution in [2.75, 3.05) is 0 Å². The molecule has 0 fully saturated rings. The Hall–Kier alpha value is -2.80. The fourth-order valence-electron chi connectivity index (χ4n) is 2.91. The number of ether oxygens (including phenoxy) is 1. The van der Waals surface area contributed by atoms with E-state index >= 15 is 0 Å². The standard InChI is InChI=1S/C20H23ClN4O3/c1-12-8-14(3)25(23-12)10-13(2)22-20(26)19-18(15(4)28-24-19)11-27-17-7-5-6-16(21)9-17/h5-9,13H,10-11H2,1-4H3,(H,22,26). The minimum atomic E-state index is -0.310. The van der Waals surface area contributed by atoms with Gasteiger partial charge in [-0.2, -0.15) is 5.10 Å². The van der Waals surface area contributed by atoms with Crippen LogP contribution in [0.4, 0.5) is 0 Å². The van der Waals surface area contributed by atoms with E-state index in [0.717, 1.165) is 11.4 Å². The lowest BCUT2D eigenvalue weighted by Crippen LogP contribution is -2.36. The quantitative estimate of drug-likeness (QED) is 0.649. The molecule has 0 spiro atoms. The van der Waals surface area contributed by atoms with Gasteiger partial charge in [0, 0.05) is 16.8 Å². The Morgan fingerprint density at radius 3 is 2.79 bits per heavy atom. The molecule has 0 bridgehead atoms. The van der Waals surface area contributed by atoms with E-state index in [4.69, 9.17) is 20.9 Å². The van der Waals surface area contributed by atoms with Crippen molar-refractivity contribution in [3.8, 4) is 5.75 Å². The van der Waals surface area contributed by atoms with Gasteiger partial charge in [0.15, 0.2) is 5.69 Å². The summed E-state index contributed by atoms with van der Waals surface area (Å²) in [5, 5.41) is 11.9. The van der Waals surface area contributed by atoms with Gasteiger partial charge in [-0.1, -0.05) is 22.8 Å². The molecular formula is C20H23ClN4O3. The van der Waals surface area contributed by atoms with Crippen molar-refractivity contribution in [1.82, 2.24) is 20.3 Å². The van der Waals surface area contributed by atoms with Crippen LogP contribution in [-0.4, -0.2) is 26.9 Å². The summed E-state index contributed by atoms with van der Waals surface area (Å²) in [5.41, 5.74) is 2.82. The highest BCUT2D eigenvalue weighted by Gasteiger charge is 2.22. The summed E-state index contributed by atoms with van der Waals surface area (Å²) in [7, 11) is 0. The normalized spacial score (nSPS) is 12.0. The number of nitrogens with zero attached hydrogens (tertiary/aromatic N) is 3. The number of aromatic nitrogens is 3. The van der Waals surface area contributed by atoms with Crippen LogP contribution in [0.5, 0.6) is 5.75 Å². The number of hydrogen-bond donors (Lipinski definition) is 1. The average Bonchev–Trinajstić information content (AvgIpc) is 3.14. The molecule has 2 aromatic heterocycles. The van der Waals surface area contributed by atoms with Gasteiger partial charge in [-0.25, -0.2) is 0 Å². The first-order chi connectivity index (χ1) is 13.3. The van der Waals surface area contributed by atoms with Crippen LogP contribution in [0.15, 0.2) is 34.9 Å². The van der Waals surface area contributed by atoms with Crippen LogP contribution in [0.3, 0.4) is 0 Å². The molecule has 3 rings (SSSR count). The van der Waals surface area contributed by atoms with Gasteiger partial charge in [-0.3, -0.25) is 9.48 Å². The van der Waals surface area contributed by atoms with Gasteiger partial charge in [0.25, 0.3) is 5.91 Å².